The van der Waals surface area contributed by atoms with E-state index < -0.39 is 22.3 Å². The Kier molecular flexibility index (Phi) is 3.88. The van der Waals surface area contributed by atoms with Crippen LogP contribution in [0.1, 0.15) is 65.3 Å². The summed E-state index contributed by atoms with van der Waals surface area (Å²) in [5.74, 6) is -2.96. The molecule has 0 saturated heterocycles. The number of alkyl halides is 2. The van der Waals surface area contributed by atoms with Gasteiger partial charge in [0.15, 0.2) is 5.65 Å². The Morgan fingerprint density at radius 3 is 2.12 bits per heavy atom. The maximum absolute atomic E-state index is 15.4. The second-order valence-corrected chi connectivity index (χ2v) is 11.0. The first kappa shape index (κ1) is 21.0. The molecule has 5 rings (SSSR count). The molecule has 0 radical (unpaired) electrons. The summed E-state index contributed by atoms with van der Waals surface area (Å²) in [7, 11) is 0. The Balaban J connectivity index is 1.89. The van der Waals surface area contributed by atoms with Gasteiger partial charge in [0.05, 0.1) is 27.2 Å². The molecule has 4 aromatic rings. The van der Waals surface area contributed by atoms with Gasteiger partial charge in [-0.2, -0.15) is 4.98 Å². The van der Waals surface area contributed by atoms with Crippen molar-refractivity contribution < 1.29 is 8.78 Å². The van der Waals surface area contributed by atoms with Gasteiger partial charge in [-0.1, -0.05) is 20.8 Å². The zero-order chi connectivity index (χ0) is 23.4. The molecule has 0 bridgehead atoms. The number of fused-ring (bicyclic) bond motifs is 6. The maximum Gasteiger partial charge on any atom is 0.281 e. The van der Waals surface area contributed by atoms with E-state index in [2.05, 4.69) is 25.8 Å². The molecule has 32 heavy (non-hydrogen) atoms. The standard InChI is InChI=1S/C26H27F2N3O/c1-23(2,3)20-9-8-14-18(29-20)10-11-31-19-13-17-16(12-15(19)22(32)30-21(14)31)24(4,5)26(27,28)25(17,6)7/h8-13H,1-7H3. The van der Waals surface area contributed by atoms with Crippen molar-refractivity contribution in [2.45, 2.75) is 70.6 Å². The van der Waals surface area contributed by atoms with E-state index in [0.717, 1.165) is 16.6 Å². The number of nitrogens with zero attached hydrogens (tertiary/aromatic N) is 3. The molecule has 1 aromatic carbocycles. The van der Waals surface area contributed by atoms with Crippen LogP contribution in [0.5, 0.6) is 0 Å². The number of pyridine rings is 2. The highest BCUT2D eigenvalue weighted by Gasteiger charge is 2.65. The monoisotopic (exact) mass is 435 g/mol. The number of rotatable bonds is 0. The third-order valence-electron chi connectivity index (χ3n) is 7.29. The summed E-state index contributed by atoms with van der Waals surface area (Å²) in [5, 5.41) is 1.10. The fourth-order valence-electron chi connectivity index (χ4n) is 5.13. The second kappa shape index (κ2) is 5.91. The summed E-state index contributed by atoms with van der Waals surface area (Å²) in [6.07, 6.45) is 1.82. The van der Waals surface area contributed by atoms with E-state index in [1.165, 1.54) is 0 Å². The normalized spacial score (nSPS) is 19.0. The minimum Gasteiger partial charge on any atom is -0.300 e. The summed E-state index contributed by atoms with van der Waals surface area (Å²) in [5.41, 5.74) is 0.565. The van der Waals surface area contributed by atoms with E-state index in [4.69, 9.17) is 4.98 Å². The molecule has 0 aliphatic heterocycles. The summed E-state index contributed by atoms with van der Waals surface area (Å²) in [6.45, 7) is 12.5. The molecule has 6 heteroatoms. The molecule has 0 saturated carbocycles. The predicted octanol–water partition coefficient (Wildman–Crippen LogP) is 5.90. The third-order valence-corrected chi connectivity index (χ3v) is 7.29. The summed E-state index contributed by atoms with van der Waals surface area (Å²) in [6, 6.07) is 9.16. The first-order valence-corrected chi connectivity index (χ1v) is 10.9. The first-order chi connectivity index (χ1) is 14.7. The van der Waals surface area contributed by atoms with Crippen LogP contribution in [-0.4, -0.2) is 20.3 Å². The van der Waals surface area contributed by atoms with Crippen LogP contribution in [0.15, 0.2) is 41.3 Å². The smallest absolute Gasteiger partial charge is 0.281 e. The molecule has 0 atom stereocenters. The lowest BCUT2D eigenvalue weighted by Gasteiger charge is -2.35. The van der Waals surface area contributed by atoms with Crippen molar-refractivity contribution in [3.05, 3.63) is 63.7 Å². The number of halogens is 2. The van der Waals surface area contributed by atoms with E-state index in [0.29, 0.717) is 27.7 Å². The van der Waals surface area contributed by atoms with Crippen LogP contribution in [-0.2, 0) is 16.2 Å². The molecule has 0 N–H and O–H groups in total. The highest BCUT2D eigenvalue weighted by molar-refractivity contribution is 5.95. The van der Waals surface area contributed by atoms with E-state index >= 15 is 8.78 Å². The van der Waals surface area contributed by atoms with Gasteiger partial charge >= 0.3 is 0 Å². The molecule has 0 amide bonds. The molecule has 0 unspecified atom stereocenters. The largest absolute Gasteiger partial charge is 0.300 e. The highest BCUT2D eigenvalue weighted by Crippen LogP contribution is 2.59. The molecule has 1 aliphatic rings. The molecule has 0 fully saturated rings. The van der Waals surface area contributed by atoms with Gasteiger partial charge in [0.25, 0.3) is 11.5 Å². The van der Waals surface area contributed by atoms with Gasteiger partial charge in [-0.15, -0.1) is 0 Å². The van der Waals surface area contributed by atoms with Crippen LogP contribution in [0, 0.1) is 0 Å². The van der Waals surface area contributed by atoms with Crippen molar-refractivity contribution in [1.29, 1.82) is 0 Å². The van der Waals surface area contributed by atoms with Crippen molar-refractivity contribution in [2.24, 2.45) is 0 Å². The number of benzene rings is 1. The van der Waals surface area contributed by atoms with Gasteiger partial charge in [0, 0.05) is 22.7 Å². The molecule has 1 aliphatic carbocycles. The predicted molar refractivity (Wildman–Crippen MR) is 124 cm³/mol. The third kappa shape index (κ3) is 2.44. The van der Waals surface area contributed by atoms with Crippen LogP contribution in [0.2, 0.25) is 0 Å². The fourth-order valence-corrected chi connectivity index (χ4v) is 5.13. The lowest BCUT2D eigenvalue weighted by atomic mass is 9.77. The van der Waals surface area contributed by atoms with Crippen molar-refractivity contribution in [3.8, 4) is 0 Å². The number of aromatic nitrogens is 3. The molecule has 0 spiro atoms. The zero-order valence-corrected chi connectivity index (χ0v) is 19.5. The summed E-state index contributed by atoms with van der Waals surface area (Å²) < 4.78 is 32.6. The number of hydrogen-bond acceptors (Lipinski definition) is 3. The van der Waals surface area contributed by atoms with Crippen molar-refractivity contribution >= 4 is 27.5 Å². The maximum atomic E-state index is 15.4. The Hall–Kier alpha value is -2.89. The summed E-state index contributed by atoms with van der Waals surface area (Å²) >= 11 is 0. The quantitative estimate of drug-likeness (QED) is 0.323. The topological polar surface area (TPSA) is 47.3 Å². The molecular weight excluding hydrogens is 408 g/mol. The van der Waals surface area contributed by atoms with Gasteiger partial charge in [0.1, 0.15) is 0 Å². The van der Waals surface area contributed by atoms with Crippen molar-refractivity contribution in [3.63, 3.8) is 0 Å². The van der Waals surface area contributed by atoms with E-state index in [9.17, 15) is 4.79 Å². The average Bonchev–Trinajstić information content (AvgIpc) is 2.80. The Labute approximate surface area is 185 Å². The Morgan fingerprint density at radius 2 is 1.50 bits per heavy atom. The van der Waals surface area contributed by atoms with Gasteiger partial charge < -0.3 is 4.40 Å². The minimum atomic E-state index is -2.96. The van der Waals surface area contributed by atoms with Gasteiger partial charge in [-0.3, -0.25) is 9.78 Å². The first-order valence-electron chi connectivity index (χ1n) is 10.9. The lowest BCUT2D eigenvalue weighted by molar-refractivity contribution is -0.105. The number of hydrogen-bond donors (Lipinski definition) is 0. The van der Waals surface area contributed by atoms with Crippen LogP contribution in [0.4, 0.5) is 8.78 Å². The molecular formula is C26H27F2N3O. The van der Waals surface area contributed by atoms with Gasteiger partial charge in [-0.05, 0) is 69.2 Å². The second-order valence-electron chi connectivity index (χ2n) is 11.0. The van der Waals surface area contributed by atoms with E-state index in [1.54, 1.807) is 39.8 Å². The molecule has 3 heterocycles. The van der Waals surface area contributed by atoms with Crippen LogP contribution >= 0.6 is 0 Å². The molecule has 166 valence electrons. The Bertz CT molecular complexity index is 1510. The van der Waals surface area contributed by atoms with Crippen LogP contribution in [0.3, 0.4) is 0 Å². The zero-order valence-electron chi connectivity index (χ0n) is 19.5. The molecule has 4 nitrogen and oxygen atoms in total. The van der Waals surface area contributed by atoms with Crippen molar-refractivity contribution in [2.75, 3.05) is 0 Å². The van der Waals surface area contributed by atoms with Crippen LogP contribution in [0.25, 0.3) is 27.5 Å². The van der Waals surface area contributed by atoms with E-state index in [-0.39, 0.29) is 5.41 Å². The minimum absolute atomic E-state index is 0.110. The summed E-state index contributed by atoms with van der Waals surface area (Å²) in [4.78, 5) is 22.2. The van der Waals surface area contributed by atoms with Crippen molar-refractivity contribution in [1.82, 2.24) is 14.4 Å². The molecule has 3 aromatic heterocycles. The van der Waals surface area contributed by atoms with Gasteiger partial charge in [0.2, 0.25) is 0 Å². The lowest BCUT2D eigenvalue weighted by Crippen LogP contribution is -2.46. The fraction of sp³-hybridized carbons (Fsp3) is 0.423. The van der Waals surface area contributed by atoms with Gasteiger partial charge in [-0.25, -0.2) is 8.78 Å². The highest BCUT2D eigenvalue weighted by atomic mass is 19.3. The van der Waals surface area contributed by atoms with Crippen LogP contribution < -0.4 is 5.56 Å². The average molecular weight is 436 g/mol. The Morgan fingerprint density at radius 1 is 0.875 bits per heavy atom. The van der Waals surface area contributed by atoms with E-state index in [1.807, 2.05) is 28.8 Å². The SMILES string of the molecule is CC(C)(C)c1ccc2c(ccn3c4cc5c(cc4c(=O)nc23)C(C)(C)C(F)(F)C5(C)C)n1.